The Morgan fingerprint density at radius 2 is 0.933 bits per heavy atom. The zero-order valence-electron chi connectivity index (χ0n) is 24.6. The number of benzene rings is 5. The molecule has 5 heteroatoms. The van der Waals surface area contributed by atoms with E-state index in [1.807, 2.05) is 72.9 Å². The van der Waals surface area contributed by atoms with E-state index in [-0.39, 0.29) is 0 Å². The lowest BCUT2D eigenvalue weighted by Crippen LogP contribution is -2.08. The van der Waals surface area contributed by atoms with Gasteiger partial charge in [-0.05, 0) is 35.7 Å². The highest BCUT2D eigenvalue weighted by molar-refractivity contribution is 6.09. The van der Waals surface area contributed by atoms with Crippen LogP contribution in [0.2, 0.25) is 0 Å². The van der Waals surface area contributed by atoms with Crippen molar-refractivity contribution in [3.63, 3.8) is 0 Å². The second kappa shape index (κ2) is 11.6. The Morgan fingerprint density at radius 3 is 1.49 bits per heavy atom. The summed E-state index contributed by atoms with van der Waals surface area (Å²) in [6, 6.07) is 50.1. The van der Waals surface area contributed by atoms with Crippen molar-refractivity contribution < 1.29 is 0 Å². The predicted octanol–water partition coefficient (Wildman–Crippen LogP) is 9.15. The monoisotopic (exact) mass is 579 g/mol. The minimum Gasteiger partial charge on any atom is -0.294 e. The Labute approximate surface area is 261 Å². The summed E-state index contributed by atoms with van der Waals surface area (Å²) in [5.74, 6) is 3.03. The number of aryl methyl sites for hydroxylation is 2. The quantitative estimate of drug-likeness (QED) is 0.189. The maximum atomic E-state index is 5.15. The van der Waals surface area contributed by atoms with Crippen LogP contribution in [0.4, 0.5) is 0 Å². The van der Waals surface area contributed by atoms with Gasteiger partial charge in [-0.15, -0.1) is 0 Å². The van der Waals surface area contributed by atoms with E-state index in [0.29, 0.717) is 24.5 Å². The van der Waals surface area contributed by atoms with Gasteiger partial charge in [0.2, 0.25) is 0 Å². The molecule has 8 rings (SSSR count). The second-order valence-electron chi connectivity index (χ2n) is 11.1. The van der Waals surface area contributed by atoms with Gasteiger partial charge >= 0.3 is 0 Å². The molecule has 45 heavy (non-hydrogen) atoms. The van der Waals surface area contributed by atoms with Crippen LogP contribution in [0.25, 0.3) is 61.5 Å². The molecular formula is C40H29N5. The molecule has 5 aromatic carbocycles. The molecule has 8 aromatic rings. The molecule has 214 valence electrons. The third-order valence-electron chi connectivity index (χ3n) is 8.21. The summed E-state index contributed by atoms with van der Waals surface area (Å²) in [6.45, 7) is 0. The molecule has 0 fully saturated rings. The molecule has 0 saturated heterocycles. The van der Waals surface area contributed by atoms with Crippen molar-refractivity contribution in [3.05, 3.63) is 163 Å². The van der Waals surface area contributed by atoms with E-state index in [4.69, 9.17) is 19.9 Å². The topological polar surface area (TPSA) is 56.5 Å². The van der Waals surface area contributed by atoms with Crippen molar-refractivity contribution in [2.24, 2.45) is 0 Å². The summed E-state index contributed by atoms with van der Waals surface area (Å²) >= 11 is 0. The number of nitrogens with zero attached hydrogens (tertiary/aromatic N) is 5. The summed E-state index contributed by atoms with van der Waals surface area (Å²) in [4.78, 5) is 20.0. The third kappa shape index (κ3) is 5.15. The van der Waals surface area contributed by atoms with Gasteiger partial charge in [-0.1, -0.05) is 127 Å². The first-order chi connectivity index (χ1) is 22.3. The summed E-state index contributed by atoms with van der Waals surface area (Å²) in [6.07, 6.45) is 3.32. The lowest BCUT2D eigenvalue weighted by atomic mass is 10.0. The summed E-state index contributed by atoms with van der Waals surface area (Å²) in [5, 5.41) is 2.43. The van der Waals surface area contributed by atoms with Crippen LogP contribution in [0.1, 0.15) is 11.4 Å². The maximum absolute atomic E-state index is 5.15. The fraction of sp³-hybridized carbons (Fsp3) is 0.0500. The van der Waals surface area contributed by atoms with Gasteiger partial charge in [0.1, 0.15) is 11.6 Å². The van der Waals surface area contributed by atoms with Crippen LogP contribution in [0.15, 0.2) is 152 Å². The van der Waals surface area contributed by atoms with Gasteiger partial charge in [0, 0.05) is 40.1 Å². The summed E-state index contributed by atoms with van der Waals surface area (Å²) < 4.78 is 2.30. The first-order valence-corrected chi connectivity index (χ1v) is 15.2. The van der Waals surface area contributed by atoms with Gasteiger partial charge in [0.25, 0.3) is 0 Å². The van der Waals surface area contributed by atoms with Gasteiger partial charge in [-0.3, -0.25) is 4.57 Å². The highest BCUT2D eigenvalue weighted by Crippen LogP contribution is 2.34. The van der Waals surface area contributed by atoms with Gasteiger partial charge in [-0.25, -0.2) is 19.9 Å². The Kier molecular flexibility index (Phi) is 6.89. The van der Waals surface area contributed by atoms with E-state index >= 15 is 0 Å². The van der Waals surface area contributed by atoms with Crippen molar-refractivity contribution in [1.29, 1.82) is 0 Å². The molecule has 5 nitrogen and oxygen atoms in total. The molecule has 0 unspecified atom stereocenters. The molecule has 0 aliphatic carbocycles. The maximum Gasteiger partial charge on any atom is 0.163 e. The van der Waals surface area contributed by atoms with Gasteiger partial charge in [0.05, 0.1) is 11.0 Å². The number of hydrogen-bond acceptors (Lipinski definition) is 4. The number of aromatic nitrogens is 5. The molecule has 0 bridgehead atoms. The highest BCUT2D eigenvalue weighted by Gasteiger charge is 2.18. The molecule has 3 heterocycles. The smallest absolute Gasteiger partial charge is 0.163 e. The summed E-state index contributed by atoms with van der Waals surface area (Å²) in [7, 11) is 0. The van der Waals surface area contributed by atoms with E-state index in [9.17, 15) is 0 Å². The Morgan fingerprint density at radius 1 is 0.444 bits per heavy atom. The van der Waals surface area contributed by atoms with Crippen molar-refractivity contribution in [3.8, 4) is 39.7 Å². The van der Waals surface area contributed by atoms with E-state index in [1.165, 1.54) is 10.8 Å². The highest BCUT2D eigenvalue weighted by atomic mass is 15.1. The second-order valence-corrected chi connectivity index (χ2v) is 11.1. The van der Waals surface area contributed by atoms with E-state index in [1.54, 1.807) is 0 Å². The Bertz CT molecular complexity index is 2150. The SMILES string of the molecule is c1ccc(-c2cnc(-n3c4ccccc4c4ccccc43)c(CCc3nc(-c4ccccc4)nc(-c4ccccc4)n3)c2)cc1. The predicted molar refractivity (Wildman–Crippen MR) is 182 cm³/mol. The fourth-order valence-corrected chi connectivity index (χ4v) is 6.04. The van der Waals surface area contributed by atoms with Crippen molar-refractivity contribution >= 4 is 21.8 Å². The number of pyridine rings is 1. The summed E-state index contributed by atoms with van der Waals surface area (Å²) in [5.41, 5.74) is 7.56. The minimum atomic E-state index is 0.631. The molecule has 0 aliphatic heterocycles. The molecule has 0 spiro atoms. The average molecular weight is 580 g/mol. The van der Waals surface area contributed by atoms with Crippen LogP contribution < -0.4 is 0 Å². The molecule has 0 amide bonds. The van der Waals surface area contributed by atoms with Crippen LogP contribution in [0.3, 0.4) is 0 Å². The van der Waals surface area contributed by atoms with Crippen molar-refractivity contribution in [2.45, 2.75) is 12.8 Å². The normalized spacial score (nSPS) is 11.3. The third-order valence-corrected chi connectivity index (χ3v) is 8.21. The number of hydrogen-bond donors (Lipinski definition) is 0. The molecular weight excluding hydrogens is 550 g/mol. The standard InChI is InChI=1S/C40H29N5/c1-4-14-28(15-5-1)32-26-31(40(41-27-32)45-35-22-12-10-20-33(35)34-21-11-13-23-36(34)45)24-25-37-42-38(29-16-6-2-7-17-29)44-39(43-37)30-18-8-3-9-19-30/h1-23,26-27H,24-25H2. The number of para-hydroxylation sites is 2. The molecule has 0 aliphatic rings. The largest absolute Gasteiger partial charge is 0.294 e. The number of fused-ring (bicyclic) bond motifs is 3. The molecule has 0 saturated carbocycles. The van der Waals surface area contributed by atoms with Gasteiger partial charge < -0.3 is 0 Å². The Hall–Kier alpha value is -5.94. The van der Waals surface area contributed by atoms with E-state index in [2.05, 4.69) is 83.4 Å². The number of rotatable bonds is 7. The minimum absolute atomic E-state index is 0.631. The van der Waals surface area contributed by atoms with E-state index in [0.717, 1.165) is 50.5 Å². The molecule has 0 N–H and O–H groups in total. The fourth-order valence-electron chi connectivity index (χ4n) is 6.04. The van der Waals surface area contributed by atoms with Crippen LogP contribution in [0, 0.1) is 0 Å². The van der Waals surface area contributed by atoms with Crippen molar-refractivity contribution in [1.82, 2.24) is 24.5 Å². The lowest BCUT2D eigenvalue weighted by Gasteiger charge is -2.15. The van der Waals surface area contributed by atoms with Gasteiger partial charge in [0.15, 0.2) is 11.6 Å². The lowest BCUT2D eigenvalue weighted by molar-refractivity contribution is 0.833. The van der Waals surface area contributed by atoms with Crippen LogP contribution >= 0.6 is 0 Å². The van der Waals surface area contributed by atoms with E-state index < -0.39 is 0 Å². The van der Waals surface area contributed by atoms with Crippen molar-refractivity contribution in [2.75, 3.05) is 0 Å². The Balaban J connectivity index is 1.26. The first-order valence-electron chi connectivity index (χ1n) is 15.2. The van der Waals surface area contributed by atoms with Crippen LogP contribution in [-0.4, -0.2) is 24.5 Å². The van der Waals surface area contributed by atoms with Crippen LogP contribution in [0.5, 0.6) is 0 Å². The van der Waals surface area contributed by atoms with Crippen LogP contribution in [-0.2, 0) is 12.8 Å². The average Bonchev–Trinajstić information content (AvgIpc) is 3.46. The molecule has 3 aromatic heterocycles. The molecule has 0 radical (unpaired) electrons. The molecule has 0 atom stereocenters. The first kappa shape index (κ1) is 26.7. The zero-order valence-corrected chi connectivity index (χ0v) is 24.6. The van der Waals surface area contributed by atoms with Gasteiger partial charge in [-0.2, -0.15) is 0 Å². The zero-order chi connectivity index (χ0) is 30.0.